The lowest BCUT2D eigenvalue weighted by atomic mass is 9.84. The molecule has 1 saturated carbocycles. The lowest BCUT2D eigenvalue weighted by Gasteiger charge is -2.22. The molecule has 0 bridgehead atoms. The molecule has 8 heteroatoms. The molecule has 3 aromatic rings. The number of aromatic nitrogens is 2. The molecule has 6 nitrogen and oxygen atoms in total. The van der Waals surface area contributed by atoms with Crippen LogP contribution >= 0.6 is 23.2 Å². The van der Waals surface area contributed by atoms with E-state index in [4.69, 9.17) is 38.1 Å². The number of aliphatic carboxylic acids is 1. The lowest BCUT2D eigenvalue weighted by molar-refractivity contribution is -0.136. The summed E-state index contributed by atoms with van der Waals surface area (Å²) >= 11 is 12.7. The summed E-state index contributed by atoms with van der Waals surface area (Å²) in [5.41, 5.74) is 5.89. The van der Waals surface area contributed by atoms with E-state index in [0.717, 1.165) is 34.5 Å². The number of nitrogens with one attached hydrogen (secondary N) is 1. The van der Waals surface area contributed by atoms with Crippen molar-refractivity contribution in [2.45, 2.75) is 63.2 Å². The van der Waals surface area contributed by atoms with Gasteiger partial charge in [0.2, 0.25) is 5.88 Å². The largest absolute Gasteiger partial charge is 0.481 e. The van der Waals surface area contributed by atoms with Gasteiger partial charge in [-0.3, -0.25) is 4.79 Å². The van der Waals surface area contributed by atoms with E-state index in [1.165, 1.54) is 37.7 Å². The van der Waals surface area contributed by atoms with Crippen LogP contribution in [0.25, 0.3) is 22.5 Å². The number of benzene rings is 2. The fourth-order valence-corrected chi connectivity index (χ4v) is 6.05. The molecule has 2 aliphatic carbocycles. The van der Waals surface area contributed by atoms with Gasteiger partial charge in [0.15, 0.2) is 0 Å². The number of hydrogen-bond donors (Lipinski definition) is 2. The zero-order valence-corrected chi connectivity index (χ0v) is 25.8. The number of nitrogens with zero attached hydrogens (tertiary/aromatic N) is 2. The van der Waals surface area contributed by atoms with Crippen molar-refractivity contribution in [2.75, 3.05) is 6.54 Å². The Morgan fingerprint density at radius 1 is 1.12 bits per heavy atom. The third-order valence-corrected chi connectivity index (χ3v) is 8.25. The summed E-state index contributed by atoms with van der Waals surface area (Å²) in [5, 5.41) is 17.3. The van der Waals surface area contributed by atoms with E-state index < -0.39 is 5.97 Å². The topological polar surface area (TPSA) is 76.4 Å². The third-order valence-electron chi connectivity index (χ3n) is 7.74. The number of halogens is 2. The van der Waals surface area contributed by atoms with Gasteiger partial charge in [-0.1, -0.05) is 74.2 Å². The van der Waals surface area contributed by atoms with Crippen molar-refractivity contribution < 1.29 is 14.6 Å². The van der Waals surface area contributed by atoms with E-state index >= 15 is 0 Å². The molecule has 2 aliphatic rings. The van der Waals surface area contributed by atoms with Crippen LogP contribution < -0.4 is 10.1 Å². The average Bonchev–Trinajstić information content (AvgIpc) is 3.34. The molecule has 2 N–H and O–H groups in total. The third kappa shape index (κ3) is 8.21. The Bertz CT molecular complexity index is 1530. The molecule has 0 amide bonds. The van der Waals surface area contributed by atoms with Crippen molar-refractivity contribution in [1.82, 2.24) is 15.1 Å². The second kappa shape index (κ2) is 14.6. The quantitative estimate of drug-likeness (QED) is 0.210. The number of allylic oxidation sites excluding steroid dienone is 7. The fourth-order valence-electron chi connectivity index (χ4n) is 5.53. The molecule has 1 aromatic heterocycles. The molecule has 43 heavy (non-hydrogen) atoms. The highest BCUT2D eigenvalue weighted by molar-refractivity contribution is 6.33. The Balaban J connectivity index is 1.43. The Hall–Kier alpha value is -3.74. The van der Waals surface area contributed by atoms with Crippen molar-refractivity contribution in [1.29, 1.82) is 0 Å². The second-order valence-corrected chi connectivity index (χ2v) is 11.8. The summed E-state index contributed by atoms with van der Waals surface area (Å²) in [6.07, 6.45) is 18.7. The molecule has 2 aromatic carbocycles. The SMILES string of the molecule is CC/C=C(/NCCC(=O)O)c1ccc(Oc2nn(C3=CC(Cl)=CC(Cl)C=C3)cc2-c2ccc(C3CCCCC3)cc2)cc1. The van der Waals surface area contributed by atoms with Gasteiger partial charge >= 0.3 is 5.97 Å². The molecule has 0 radical (unpaired) electrons. The van der Waals surface area contributed by atoms with Crippen LogP contribution in [0.15, 0.2) is 90.1 Å². The first-order chi connectivity index (χ1) is 20.9. The maximum absolute atomic E-state index is 11.0. The van der Waals surface area contributed by atoms with E-state index in [9.17, 15) is 4.79 Å². The van der Waals surface area contributed by atoms with Gasteiger partial charge in [0.05, 0.1) is 23.1 Å². The first-order valence-corrected chi connectivity index (χ1v) is 15.8. The lowest BCUT2D eigenvalue weighted by Crippen LogP contribution is -2.16. The van der Waals surface area contributed by atoms with Crippen LogP contribution in [0.5, 0.6) is 11.6 Å². The van der Waals surface area contributed by atoms with Crippen molar-refractivity contribution in [3.8, 4) is 22.8 Å². The minimum atomic E-state index is -0.832. The van der Waals surface area contributed by atoms with Crippen LogP contribution in [-0.2, 0) is 4.79 Å². The summed E-state index contributed by atoms with van der Waals surface area (Å²) in [6, 6.07) is 16.5. The summed E-state index contributed by atoms with van der Waals surface area (Å²) in [6.45, 7) is 2.40. The summed E-state index contributed by atoms with van der Waals surface area (Å²) in [7, 11) is 0. The van der Waals surface area contributed by atoms with Crippen LogP contribution in [0.4, 0.5) is 0 Å². The van der Waals surface area contributed by atoms with Crippen molar-refractivity contribution in [3.63, 3.8) is 0 Å². The Labute approximate surface area is 263 Å². The zero-order valence-electron chi connectivity index (χ0n) is 24.3. The average molecular weight is 619 g/mol. The number of carbonyl (C=O) groups is 1. The molecule has 1 fully saturated rings. The van der Waals surface area contributed by atoms with Crippen molar-refractivity contribution >= 4 is 40.6 Å². The molecule has 1 heterocycles. The van der Waals surface area contributed by atoms with E-state index in [1.54, 1.807) is 10.8 Å². The molecule has 5 rings (SSSR count). The summed E-state index contributed by atoms with van der Waals surface area (Å²) < 4.78 is 8.16. The number of alkyl halides is 1. The predicted octanol–water partition coefficient (Wildman–Crippen LogP) is 9.35. The number of ether oxygens (including phenoxy) is 1. The molecule has 1 atom stereocenters. The minimum Gasteiger partial charge on any atom is -0.481 e. The zero-order chi connectivity index (χ0) is 30.2. The smallest absolute Gasteiger partial charge is 0.305 e. The fraction of sp³-hybridized carbons (Fsp3) is 0.314. The maximum atomic E-state index is 11.0. The molecular formula is C35H37Cl2N3O3. The Morgan fingerprint density at radius 2 is 1.86 bits per heavy atom. The van der Waals surface area contributed by atoms with Crippen LogP contribution in [0.3, 0.4) is 0 Å². The first kappa shape index (κ1) is 30.7. The van der Waals surface area contributed by atoms with Gasteiger partial charge in [0.25, 0.3) is 0 Å². The molecule has 0 aliphatic heterocycles. The van der Waals surface area contributed by atoms with Gasteiger partial charge in [-0.2, -0.15) is 0 Å². The van der Waals surface area contributed by atoms with E-state index in [2.05, 4.69) is 29.6 Å². The Kier molecular flexibility index (Phi) is 10.4. The monoisotopic (exact) mass is 617 g/mol. The van der Waals surface area contributed by atoms with Gasteiger partial charge in [0, 0.05) is 23.5 Å². The predicted molar refractivity (Wildman–Crippen MR) is 176 cm³/mol. The standard InChI is InChI=1S/C35H37Cl2N3O3/c1-2-6-33(38-20-19-34(41)42)27-13-17-31(18-14-27)43-35-32(23-40(39-35)30-16-15-28(36)21-29(37)22-30)26-11-9-25(10-12-26)24-7-4-3-5-8-24/h6,9-18,21-24,28,38H,2-5,7-8,19-20H2,1H3,(H,41,42)/b33-6+. The van der Waals surface area contributed by atoms with Crippen LogP contribution in [-0.4, -0.2) is 32.8 Å². The van der Waals surface area contributed by atoms with Gasteiger partial charge in [-0.15, -0.1) is 16.7 Å². The molecule has 224 valence electrons. The highest BCUT2D eigenvalue weighted by Gasteiger charge is 2.19. The molecule has 0 spiro atoms. The highest BCUT2D eigenvalue weighted by Crippen LogP contribution is 2.37. The van der Waals surface area contributed by atoms with Crippen molar-refractivity contribution in [2.24, 2.45) is 0 Å². The van der Waals surface area contributed by atoms with Crippen LogP contribution in [0, 0.1) is 0 Å². The van der Waals surface area contributed by atoms with Gasteiger partial charge in [-0.05, 0) is 84.4 Å². The first-order valence-electron chi connectivity index (χ1n) is 15.0. The van der Waals surface area contributed by atoms with E-state index in [-0.39, 0.29) is 11.8 Å². The number of hydrogen-bond acceptors (Lipinski definition) is 4. The van der Waals surface area contributed by atoms with Gasteiger partial charge in [0.1, 0.15) is 5.75 Å². The number of carboxylic acids is 1. The van der Waals surface area contributed by atoms with E-state index in [0.29, 0.717) is 29.1 Å². The molecule has 0 saturated heterocycles. The Morgan fingerprint density at radius 3 is 2.56 bits per heavy atom. The van der Waals surface area contributed by atoms with Crippen LogP contribution in [0.1, 0.15) is 68.9 Å². The van der Waals surface area contributed by atoms with Crippen molar-refractivity contribution in [3.05, 3.63) is 101 Å². The summed E-state index contributed by atoms with van der Waals surface area (Å²) in [4.78, 5) is 11.0. The van der Waals surface area contributed by atoms with Crippen LogP contribution in [0.2, 0.25) is 0 Å². The van der Waals surface area contributed by atoms with Gasteiger partial charge < -0.3 is 15.2 Å². The van der Waals surface area contributed by atoms with Gasteiger partial charge in [-0.25, -0.2) is 4.68 Å². The normalized spacial score (nSPS) is 17.7. The highest BCUT2D eigenvalue weighted by atomic mass is 35.5. The number of carboxylic acid groups (broad SMARTS) is 1. The molecular weight excluding hydrogens is 581 g/mol. The van der Waals surface area contributed by atoms with E-state index in [1.807, 2.05) is 61.7 Å². The maximum Gasteiger partial charge on any atom is 0.305 e. The number of rotatable bonds is 11. The minimum absolute atomic E-state index is 0.0491. The second-order valence-electron chi connectivity index (χ2n) is 10.9. The summed E-state index contributed by atoms with van der Waals surface area (Å²) in [5.74, 6) is 0.910. The molecule has 1 unspecified atom stereocenters.